The number of nitrogens with two attached hydrogens (primary N) is 1. The van der Waals surface area contributed by atoms with Crippen molar-refractivity contribution in [3.8, 4) is 0 Å². The molecular weight excluding hydrogens is 490 g/mol. The summed E-state index contributed by atoms with van der Waals surface area (Å²) in [7, 11) is 3.34. The number of aliphatic hydroxyl groups is 2. The normalized spacial score (nSPS) is 31.1. The van der Waals surface area contributed by atoms with Crippen LogP contribution in [0.15, 0.2) is 18.5 Å². The number of fused-ring (bicyclic) bond motifs is 2. The molecule has 5 rings (SSSR count). The number of aromatic nitrogens is 3. The third-order valence-corrected chi connectivity index (χ3v) is 7.13. The number of nitrogens with zero attached hydrogens (tertiary/aromatic N) is 4. The highest BCUT2D eigenvalue weighted by molar-refractivity contribution is 5.77. The van der Waals surface area contributed by atoms with Crippen molar-refractivity contribution in [2.24, 2.45) is 0 Å². The van der Waals surface area contributed by atoms with Crippen LogP contribution in [0.1, 0.15) is 31.6 Å². The van der Waals surface area contributed by atoms with E-state index in [1.54, 1.807) is 38.1 Å². The van der Waals surface area contributed by atoms with Crippen molar-refractivity contribution in [1.29, 1.82) is 0 Å². The molecular formula is C23H31N5O9. The van der Waals surface area contributed by atoms with E-state index >= 15 is 0 Å². The van der Waals surface area contributed by atoms with Gasteiger partial charge in [0.05, 0.1) is 18.9 Å². The Morgan fingerprint density at radius 3 is 2.65 bits per heavy atom. The van der Waals surface area contributed by atoms with Gasteiger partial charge in [0.2, 0.25) is 0 Å². The van der Waals surface area contributed by atoms with Gasteiger partial charge < -0.3 is 39.6 Å². The lowest BCUT2D eigenvalue weighted by molar-refractivity contribution is -0.163. The average molecular weight is 522 g/mol. The van der Waals surface area contributed by atoms with E-state index in [2.05, 4.69) is 10.1 Å². The maximum absolute atomic E-state index is 12.8. The summed E-state index contributed by atoms with van der Waals surface area (Å²) in [6.45, 7) is 2.59. The van der Waals surface area contributed by atoms with Crippen LogP contribution in [0.2, 0.25) is 0 Å². The van der Waals surface area contributed by atoms with Crippen molar-refractivity contribution in [2.45, 2.75) is 68.0 Å². The molecule has 1 saturated carbocycles. The minimum absolute atomic E-state index is 0.253. The van der Waals surface area contributed by atoms with Crippen molar-refractivity contribution >= 4 is 23.5 Å². The van der Waals surface area contributed by atoms with Gasteiger partial charge in [-0.15, -0.1) is 0 Å². The van der Waals surface area contributed by atoms with Crippen molar-refractivity contribution in [2.75, 3.05) is 33.0 Å². The predicted octanol–water partition coefficient (Wildman–Crippen LogP) is -0.580. The topological polar surface area (TPSA) is 180 Å². The maximum atomic E-state index is 12.8. The Hall–Kier alpha value is -3.04. The number of anilines is 1. The van der Waals surface area contributed by atoms with Crippen LogP contribution in [0.4, 0.5) is 10.6 Å². The van der Waals surface area contributed by atoms with Gasteiger partial charge in [0.1, 0.15) is 48.4 Å². The lowest BCUT2D eigenvalue weighted by atomic mass is 10.1. The lowest BCUT2D eigenvalue weighted by Crippen LogP contribution is -2.48. The van der Waals surface area contributed by atoms with E-state index in [4.69, 9.17) is 29.4 Å². The van der Waals surface area contributed by atoms with Gasteiger partial charge in [0.25, 0.3) is 0 Å². The first-order valence-corrected chi connectivity index (χ1v) is 12.1. The molecule has 1 aliphatic carbocycles. The van der Waals surface area contributed by atoms with E-state index in [1.807, 2.05) is 0 Å². The van der Waals surface area contributed by atoms with Crippen molar-refractivity contribution in [3.63, 3.8) is 0 Å². The standard InChI is InChI=1S/C23H31N5O9/c1-11(15(27(2)3)21(30)35-12-6-8-33-9-7-12)34-22(31)37-19-18-23(19,32)17(29)16(36-18)13-4-5-14-20(24)25-10-26-28(13)14/h4-5,10-12,15-19,29,32H,6-9H2,1-3H3,(H2,24,25,26)/t11-,15+,16+,17+,18-,19?,23+/m1/s1. The van der Waals surface area contributed by atoms with E-state index in [0.29, 0.717) is 37.3 Å². The zero-order chi connectivity index (χ0) is 26.5. The molecule has 0 amide bonds. The summed E-state index contributed by atoms with van der Waals surface area (Å²) < 4.78 is 28.8. The van der Waals surface area contributed by atoms with Gasteiger partial charge in [-0.25, -0.2) is 14.3 Å². The molecule has 1 unspecified atom stereocenters. The number of nitrogen functional groups attached to an aromatic ring is 1. The summed E-state index contributed by atoms with van der Waals surface area (Å²) in [5.41, 5.74) is 5.02. The van der Waals surface area contributed by atoms with Gasteiger partial charge in [0.15, 0.2) is 17.5 Å². The molecule has 7 atom stereocenters. The highest BCUT2D eigenvalue weighted by atomic mass is 16.8. The number of likely N-dealkylation sites (N-methyl/N-ethyl adjacent to an activating group) is 1. The molecule has 202 valence electrons. The fraction of sp³-hybridized carbons (Fsp3) is 0.652. The highest BCUT2D eigenvalue weighted by Gasteiger charge is 2.79. The van der Waals surface area contributed by atoms with Crippen molar-refractivity contribution in [3.05, 3.63) is 24.2 Å². The van der Waals surface area contributed by atoms with Crippen LogP contribution in [-0.4, -0.2) is 111 Å². The molecule has 3 fully saturated rings. The smallest absolute Gasteiger partial charge is 0.461 e. The summed E-state index contributed by atoms with van der Waals surface area (Å²) in [5.74, 6) is -0.270. The molecule has 14 heteroatoms. The fourth-order valence-corrected chi connectivity index (χ4v) is 5.10. The monoisotopic (exact) mass is 521 g/mol. The van der Waals surface area contributed by atoms with Crippen LogP contribution in [-0.2, 0) is 28.5 Å². The Labute approximate surface area is 212 Å². The predicted molar refractivity (Wildman–Crippen MR) is 124 cm³/mol. The van der Waals surface area contributed by atoms with Gasteiger partial charge in [-0.3, -0.25) is 9.69 Å². The minimum atomic E-state index is -1.82. The summed E-state index contributed by atoms with van der Waals surface area (Å²) in [4.78, 5) is 30.8. The van der Waals surface area contributed by atoms with Crippen LogP contribution in [0, 0.1) is 0 Å². The summed E-state index contributed by atoms with van der Waals surface area (Å²) in [6, 6.07) is 2.46. The number of hydrogen-bond donors (Lipinski definition) is 3. The van der Waals surface area contributed by atoms with Crippen LogP contribution in [0.25, 0.3) is 5.52 Å². The second-order valence-corrected chi connectivity index (χ2v) is 9.78. The van der Waals surface area contributed by atoms with E-state index in [0.717, 1.165) is 0 Å². The molecule has 0 spiro atoms. The maximum Gasteiger partial charge on any atom is 0.509 e. The average Bonchev–Trinajstić information content (AvgIpc) is 3.11. The van der Waals surface area contributed by atoms with Gasteiger partial charge >= 0.3 is 12.1 Å². The first-order chi connectivity index (χ1) is 17.6. The van der Waals surface area contributed by atoms with Crippen LogP contribution in [0.3, 0.4) is 0 Å². The first kappa shape index (κ1) is 25.6. The number of esters is 1. The second kappa shape index (κ2) is 9.68. The molecule has 0 radical (unpaired) electrons. The Morgan fingerprint density at radius 1 is 1.27 bits per heavy atom. The van der Waals surface area contributed by atoms with E-state index in [9.17, 15) is 19.8 Å². The molecule has 2 aromatic rings. The highest BCUT2D eigenvalue weighted by Crippen LogP contribution is 2.56. The largest absolute Gasteiger partial charge is 0.509 e. The quantitative estimate of drug-likeness (QED) is 0.394. The second-order valence-electron chi connectivity index (χ2n) is 9.78. The van der Waals surface area contributed by atoms with Gasteiger partial charge in [0, 0.05) is 12.8 Å². The summed E-state index contributed by atoms with van der Waals surface area (Å²) in [6.07, 6.45) is -4.25. The molecule has 3 aliphatic rings. The number of ether oxygens (including phenoxy) is 5. The van der Waals surface area contributed by atoms with Gasteiger partial charge in [-0.2, -0.15) is 5.10 Å². The fourth-order valence-electron chi connectivity index (χ4n) is 5.10. The molecule has 14 nitrogen and oxygen atoms in total. The number of carbonyl (C=O) groups excluding carboxylic acids is 2. The molecule has 0 aromatic carbocycles. The van der Waals surface area contributed by atoms with Gasteiger partial charge in [-0.05, 0) is 33.2 Å². The summed E-state index contributed by atoms with van der Waals surface area (Å²) in [5, 5.41) is 25.9. The molecule has 4 N–H and O–H groups in total. The SMILES string of the molecule is C[C@@H](OC(=O)OC1[C@H]2O[C@@H](c3ccc4c(N)ncnn34)[C@H](O)[C@@]12O)[C@@H](C(=O)OC1CCOCC1)N(C)C. The third-order valence-electron chi connectivity index (χ3n) is 7.13. The number of hydrogen-bond acceptors (Lipinski definition) is 13. The lowest BCUT2D eigenvalue weighted by Gasteiger charge is -2.30. The van der Waals surface area contributed by atoms with Crippen LogP contribution in [0.5, 0.6) is 0 Å². The third kappa shape index (κ3) is 4.48. The number of carbonyl (C=O) groups is 2. The van der Waals surface area contributed by atoms with Crippen LogP contribution >= 0.6 is 0 Å². The van der Waals surface area contributed by atoms with Crippen molar-refractivity contribution < 1.29 is 43.5 Å². The first-order valence-electron chi connectivity index (χ1n) is 12.1. The molecule has 37 heavy (non-hydrogen) atoms. The molecule has 0 bridgehead atoms. The van der Waals surface area contributed by atoms with E-state index < -0.39 is 54.3 Å². The summed E-state index contributed by atoms with van der Waals surface area (Å²) >= 11 is 0. The Kier molecular flexibility index (Phi) is 6.70. The van der Waals surface area contributed by atoms with Crippen LogP contribution < -0.4 is 5.73 Å². The van der Waals surface area contributed by atoms with E-state index in [1.165, 1.54) is 10.8 Å². The molecule has 2 aromatic heterocycles. The minimum Gasteiger partial charge on any atom is -0.461 e. The molecule has 2 saturated heterocycles. The molecule has 2 aliphatic heterocycles. The number of rotatable bonds is 7. The van der Waals surface area contributed by atoms with Gasteiger partial charge in [-0.1, -0.05) is 0 Å². The zero-order valence-corrected chi connectivity index (χ0v) is 20.7. The Bertz CT molecular complexity index is 1170. The molecule has 4 heterocycles. The van der Waals surface area contributed by atoms with Crippen molar-refractivity contribution in [1.82, 2.24) is 19.5 Å². The number of aliphatic hydroxyl groups excluding tert-OH is 1. The van der Waals surface area contributed by atoms with E-state index in [-0.39, 0.29) is 11.9 Å². The Morgan fingerprint density at radius 2 is 2.00 bits per heavy atom. The zero-order valence-electron chi connectivity index (χ0n) is 20.7. The Balaban J connectivity index is 1.18.